The molecule has 0 amide bonds. The van der Waals surface area contributed by atoms with Gasteiger partial charge in [0.1, 0.15) is 5.75 Å². The van der Waals surface area contributed by atoms with Crippen molar-refractivity contribution in [1.82, 2.24) is 9.97 Å². The van der Waals surface area contributed by atoms with Crippen molar-refractivity contribution in [3.63, 3.8) is 0 Å². The molecule has 0 radical (unpaired) electrons. The number of hydrogen-bond donors (Lipinski definition) is 1. The summed E-state index contributed by atoms with van der Waals surface area (Å²) in [4.78, 5) is 8.62. The van der Waals surface area contributed by atoms with Crippen LogP contribution < -0.4 is 4.74 Å². The van der Waals surface area contributed by atoms with Gasteiger partial charge in [-0.1, -0.05) is 24.3 Å². The number of nitrogens with zero attached hydrogens (tertiary/aromatic N) is 2. The molecule has 0 bridgehead atoms. The Hall–Kier alpha value is -2.86. The normalized spacial score (nSPS) is 12.1. The summed E-state index contributed by atoms with van der Waals surface area (Å²) in [5, 5.41) is 8.98. The van der Waals surface area contributed by atoms with E-state index in [1.807, 2.05) is 30.3 Å². The lowest BCUT2D eigenvalue weighted by atomic mass is 9.88. The number of aliphatic hydroxyl groups is 1. The summed E-state index contributed by atoms with van der Waals surface area (Å²) >= 11 is 0. The van der Waals surface area contributed by atoms with E-state index >= 15 is 0 Å². The summed E-state index contributed by atoms with van der Waals surface area (Å²) in [6.45, 7) is -2.76. The number of benzene rings is 1. The molecule has 3 rings (SSSR count). The molecule has 1 N–H and O–H groups in total. The van der Waals surface area contributed by atoms with Gasteiger partial charge in [0.15, 0.2) is 0 Å². The van der Waals surface area contributed by atoms with Gasteiger partial charge in [-0.05, 0) is 54.7 Å². The molecule has 0 saturated carbocycles. The fraction of sp³-hybridized carbons (Fsp3) is 0.273. The van der Waals surface area contributed by atoms with Gasteiger partial charge in [0.25, 0.3) is 0 Å². The molecule has 0 spiro atoms. The Labute approximate surface area is 162 Å². The molecule has 1 unspecified atom stereocenters. The Bertz CT molecular complexity index is 858. The highest BCUT2D eigenvalue weighted by molar-refractivity contribution is 5.42. The van der Waals surface area contributed by atoms with Crippen LogP contribution >= 0.6 is 0 Å². The Kier molecular flexibility index (Phi) is 7.03. The van der Waals surface area contributed by atoms with Crippen molar-refractivity contribution in [3.8, 4) is 5.75 Å². The number of alkyl halides is 2. The van der Waals surface area contributed by atoms with Gasteiger partial charge in [-0.2, -0.15) is 8.78 Å². The van der Waals surface area contributed by atoms with Crippen LogP contribution in [0.5, 0.6) is 5.75 Å². The highest BCUT2D eigenvalue weighted by Gasteiger charge is 2.22. The van der Waals surface area contributed by atoms with Crippen LogP contribution in [0.2, 0.25) is 0 Å². The average Bonchev–Trinajstić information content (AvgIpc) is 2.72. The minimum Gasteiger partial charge on any atom is -0.435 e. The summed E-state index contributed by atoms with van der Waals surface area (Å²) in [6, 6.07) is 14.5. The van der Waals surface area contributed by atoms with Crippen LogP contribution in [0.25, 0.3) is 0 Å². The third-order valence-electron chi connectivity index (χ3n) is 4.53. The first-order valence-corrected chi connectivity index (χ1v) is 9.15. The number of para-hydroxylation sites is 1. The van der Waals surface area contributed by atoms with Crippen LogP contribution in [0.1, 0.15) is 34.7 Å². The molecular weight excluding hydrogens is 362 g/mol. The smallest absolute Gasteiger partial charge is 0.387 e. The van der Waals surface area contributed by atoms with E-state index < -0.39 is 6.61 Å². The van der Waals surface area contributed by atoms with Gasteiger partial charge in [-0.25, -0.2) is 0 Å². The van der Waals surface area contributed by atoms with E-state index in [0.717, 1.165) is 23.2 Å². The van der Waals surface area contributed by atoms with Gasteiger partial charge < -0.3 is 9.84 Å². The number of rotatable bonds is 9. The van der Waals surface area contributed by atoms with Crippen molar-refractivity contribution in [2.75, 3.05) is 6.61 Å². The highest BCUT2D eigenvalue weighted by Crippen LogP contribution is 2.34. The molecule has 0 aliphatic carbocycles. The van der Waals surface area contributed by atoms with Crippen molar-refractivity contribution in [2.24, 2.45) is 0 Å². The third-order valence-corrected chi connectivity index (χ3v) is 4.53. The maximum atomic E-state index is 12.9. The fourth-order valence-corrected chi connectivity index (χ4v) is 3.17. The van der Waals surface area contributed by atoms with Crippen molar-refractivity contribution in [2.45, 2.75) is 31.8 Å². The van der Waals surface area contributed by atoms with Crippen LogP contribution in [0.4, 0.5) is 8.78 Å². The first kappa shape index (κ1) is 19.9. The maximum Gasteiger partial charge on any atom is 0.387 e. The second-order valence-electron chi connectivity index (χ2n) is 6.45. The maximum absolute atomic E-state index is 12.9. The summed E-state index contributed by atoms with van der Waals surface area (Å²) in [7, 11) is 0. The Morgan fingerprint density at radius 3 is 2.43 bits per heavy atom. The quantitative estimate of drug-likeness (QED) is 0.595. The molecule has 0 saturated heterocycles. The van der Waals surface area contributed by atoms with Crippen LogP contribution in [-0.4, -0.2) is 28.3 Å². The lowest BCUT2D eigenvalue weighted by Gasteiger charge is -2.20. The van der Waals surface area contributed by atoms with Gasteiger partial charge in [-0.15, -0.1) is 0 Å². The van der Waals surface area contributed by atoms with E-state index in [2.05, 4.69) is 9.97 Å². The summed E-state index contributed by atoms with van der Waals surface area (Å²) < 4.78 is 30.6. The minimum atomic E-state index is -2.89. The number of aliphatic hydroxyl groups excluding tert-OH is 1. The molecule has 1 aromatic carbocycles. The minimum absolute atomic E-state index is 0.130. The van der Waals surface area contributed by atoms with Crippen molar-refractivity contribution >= 4 is 0 Å². The lowest BCUT2D eigenvalue weighted by molar-refractivity contribution is -0.0505. The zero-order valence-electron chi connectivity index (χ0n) is 15.3. The van der Waals surface area contributed by atoms with E-state index in [1.165, 1.54) is 0 Å². The Morgan fingerprint density at radius 2 is 1.75 bits per heavy atom. The van der Waals surface area contributed by atoms with Gasteiger partial charge in [0.05, 0.1) is 0 Å². The zero-order valence-corrected chi connectivity index (χ0v) is 15.3. The molecule has 6 heteroatoms. The fourth-order valence-electron chi connectivity index (χ4n) is 3.17. The predicted molar refractivity (Wildman–Crippen MR) is 103 cm³/mol. The second kappa shape index (κ2) is 9.90. The number of aryl methyl sites for hydroxylation is 1. The van der Waals surface area contributed by atoms with E-state index in [9.17, 15) is 8.78 Å². The largest absolute Gasteiger partial charge is 0.435 e. The second-order valence-corrected chi connectivity index (χ2v) is 6.45. The van der Waals surface area contributed by atoms with Crippen molar-refractivity contribution in [1.29, 1.82) is 0 Å². The molecule has 0 aliphatic heterocycles. The molecule has 0 aliphatic rings. The SMILES string of the molecule is OCCCc1ccc(C(Cc2ccncc2)c2ccccc2OC(F)F)nc1. The first-order chi connectivity index (χ1) is 13.7. The molecule has 2 aromatic heterocycles. The van der Waals surface area contributed by atoms with E-state index in [1.54, 1.807) is 36.8 Å². The van der Waals surface area contributed by atoms with Gasteiger partial charge in [0, 0.05) is 42.4 Å². The highest BCUT2D eigenvalue weighted by atomic mass is 19.3. The number of ether oxygens (including phenoxy) is 1. The van der Waals surface area contributed by atoms with Gasteiger partial charge in [0.2, 0.25) is 0 Å². The molecule has 4 nitrogen and oxygen atoms in total. The monoisotopic (exact) mass is 384 g/mol. The van der Waals surface area contributed by atoms with E-state index in [0.29, 0.717) is 18.4 Å². The van der Waals surface area contributed by atoms with Crippen LogP contribution in [0.3, 0.4) is 0 Å². The number of pyridine rings is 2. The predicted octanol–water partition coefficient (Wildman–Crippen LogP) is 4.38. The van der Waals surface area contributed by atoms with Gasteiger partial charge >= 0.3 is 6.61 Å². The first-order valence-electron chi connectivity index (χ1n) is 9.15. The van der Waals surface area contributed by atoms with Crippen LogP contribution in [-0.2, 0) is 12.8 Å². The van der Waals surface area contributed by atoms with E-state index in [4.69, 9.17) is 9.84 Å². The summed E-state index contributed by atoms with van der Waals surface area (Å²) in [6.07, 6.45) is 7.19. The summed E-state index contributed by atoms with van der Waals surface area (Å²) in [5.41, 5.74) is 3.49. The molecule has 28 heavy (non-hydrogen) atoms. The molecule has 0 fully saturated rings. The molecule has 2 heterocycles. The number of hydrogen-bond acceptors (Lipinski definition) is 4. The van der Waals surface area contributed by atoms with Crippen LogP contribution in [0, 0.1) is 0 Å². The topological polar surface area (TPSA) is 55.2 Å². The molecule has 146 valence electrons. The molecule has 1 atom stereocenters. The number of halogens is 2. The molecule has 3 aromatic rings. The van der Waals surface area contributed by atoms with Crippen molar-refractivity contribution < 1.29 is 18.6 Å². The van der Waals surface area contributed by atoms with E-state index in [-0.39, 0.29) is 18.3 Å². The Balaban J connectivity index is 1.96. The van der Waals surface area contributed by atoms with Crippen molar-refractivity contribution in [3.05, 3.63) is 89.5 Å². The lowest BCUT2D eigenvalue weighted by Crippen LogP contribution is -2.11. The summed E-state index contributed by atoms with van der Waals surface area (Å²) in [5.74, 6) is -0.0908. The average molecular weight is 384 g/mol. The standard InChI is InChI=1S/C22H22F2N2O2/c23-22(24)28-21-6-2-1-5-18(21)19(14-16-9-11-25-12-10-16)20-8-7-17(15-26-20)4-3-13-27/h1-2,5-12,15,19,22,27H,3-4,13-14H2. The molecular formula is C22H22F2N2O2. The van der Waals surface area contributed by atoms with Gasteiger partial charge in [-0.3, -0.25) is 9.97 Å². The third kappa shape index (κ3) is 5.33. The van der Waals surface area contributed by atoms with Crippen LogP contribution in [0.15, 0.2) is 67.1 Å². The zero-order chi connectivity index (χ0) is 19.8. The number of aromatic nitrogens is 2. The Morgan fingerprint density at radius 1 is 0.964 bits per heavy atom.